The number of carbonyl (C=O) groups excluding carboxylic acids is 2. The number of rotatable bonds is 2. The van der Waals surface area contributed by atoms with Crippen molar-refractivity contribution < 1.29 is 22.8 Å². The maximum Gasteiger partial charge on any atom is 0.416 e. The van der Waals surface area contributed by atoms with Crippen LogP contribution in [0, 0.1) is 0 Å². The van der Waals surface area contributed by atoms with E-state index in [1.807, 2.05) is 0 Å². The van der Waals surface area contributed by atoms with Crippen LogP contribution in [0.15, 0.2) is 66.7 Å². The van der Waals surface area contributed by atoms with E-state index in [0.717, 1.165) is 12.1 Å². The molecule has 0 fully saturated rings. The van der Waals surface area contributed by atoms with E-state index < -0.39 is 11.7 Å². The Hall–Kier alpha value is -3.52. The molecule has 3 aromatic carbocycles. The summed E-state index contributed by atoms with van der Waals surface area (Å²) in [7, 11) is 0. The molecule has 0 amide bonds. The highest BCUT2D eigenvalue weighted by atomic mass is 32.1. The topological polar surface area (TPSA) is 58.2 Å². The van der Waals surface area contributed by atoms with Crippen molar-refractivity contribution in [3.8, 4) is 0 Å². The minimum Gasteiger partial charge on any atom is -0.332 e. The van der Waals surface area contributed by atoms with Gasteiger partial charge in [0.2, 0.25) is 0 Å². The highest BCUT2D eigenvalue weighted by molar-refractivity contribution is 7.80. The standard InChI is InChI=1S/C22H13F3N2O2S/c23-22(24,25)12-5-3-6-13(11-12)26-21(30)27-17-10-4-9-16-18(17)20(29)15-8-2-1-7-14(15)19(16)28/h1-11H,(H2,26,27,30). The quantitative estimate of drug-likeness (QED) is 0.427. The summed E-state index contributed by atoms with van der Waals surface area (Å²) in [6, 6.07) is 15.9. The average Bonchev–Trinajstić information content (AvgIpc) is 2.71. The molecule has 0 aromatic heterocycles. The van der Waals surface area contributed by atoms with Gasteiger partial charge in [0.25, 0.3) is 0 Å². The van der Waals surface area contributed by atoms with Gasteiger partial charge in [0.15, 0.2) is 16.7 Å². The minimum atomic E-state index is -4.48. The van der Waals surface area contributed by atoms with Gasteiger partial charge in [0, 0.05) is 22.4 Å². The summed E-state index contributed by atoms with van der Waals surface area (Å²) in [5, 5.41) is 5.49. The summed E-state index contributed by atoms with van der Waals surface area (Å²) in [6.07, 6.45) is -4.48. The Morgan fingerprint density at radius 2 is 1.40 bits per heavy atom. The third-order valence-corrected chi connectivity index (χ3v) is 4.85. The van der Waals surface area contributed by atoms with Crippen molar-refractivity contribution in [1.82, 2.24) is 0 Å². The van der Waals surface area contributed by atoms with Crippen molar-refractivity contribution in [2.45, 2.75) is 6.18 Å². The minimum absolute atomic E-state index is 0.0122. The summed E-state index contributed by atoms with van der Waals surface area (Å²) in [5.41, 5.74) is 0.659. The molecule has 0 atom stereocenters. The van der Waals surface area contributed by atoms with Crippen LogP contribution >= 0.6 is 12.2 Å². The molecule has 0 aliphatic heterocycles. The first-order valence-corrected chi connectivity index (χ1v) is 9.23. The fraction of sp³-hybridized carbons (Fsp3) is 0.0455. The number of anilines is 2. The number of halogens is 3. The number of ketones is 2. The molecule has 150 valence electrons. The van der Waals surface area contributed by atoms with E-state index in [9.17, 15) is 22.8 Å². The van der Waals surface area contributed by atoms with Crippen molar-refractivity contribution in [3.63, 3.8) is 0 Å². The second-order valence-corrected chi connectivity index (χ2v) is 7.00. The Kier molecular flexibility index (Phi) is 4.87. The molecule has 0 spiro atoms. The monoisotopic (exact) mass is 426 g/mol. The molecule has 8 heteroatoms. The zero-order valence-electron chi connectivity index (χ0n) is 15.2. The Morgan fingerprint density at radius 1 is 0.767 bits per heavy atom. The fourth-order valence-corrected chi connectivity index (χ4v) is 3.53. The van der Waals surface area contributed by atoms with Crippen LogP contribution in [0.25, 0.3) is 0 Å². The molecule has 4 rings (SSSR count). The number of thiocarbonyl (C=S) groups is 1. The van der Waals surface area contributed by atoms with Crippen molar-refractivity contribution in [3.05, 3.63) is 94.5 Å². The van der Waals surface area contributed by atoms with Gasteiger partial charge in [-0.15, -0.1) is 0 Å². The van der Waals surface area contributed by atoms with Crippen LogP contribution in [0.4, 0.5) is 24.5 Å². The molecular weight excluding hydrogens is 413 g/mol. The number of alkyl halides is 3. The Morgan fingerprint density at radius 3 is 2.10 bits per heavy atom. The zero-order valence-corrected chi connectivity index (χ0v) is 16.0. The van der Waals surface area contributed by atoms with Crippen molar-refractivity contribution in [2.75, 3.05) is 10.6 Å². The lowest BCUT2D eigenvalue weighted by atomic mass is 9.83. The van der Waals surface area contributed by atoms with Gasteiger partial charge < -0.3 is 10.6 Å². The number of benzene rings is 3. The predicted molar refractivity (Wildman–Crippen MR) is 111 cm³/mol. The molecule has 0 bridgehead atoms. The second-order valence-electron chi connectivity index (χ2n) is 6.59. The summed E-state index contributed by atoms with van der Waals surface area (Å²) in [4.78, 5) is 25.8. The second kappa shape index (κ2) is 7.38. The van der Waals surface area contributed by atoms with Gasteiger partial charge in [-0.25, -0.2) is 0 Å². The first-order chi connectivity index (χ1) is 14.3. The summed E-state index contributed by atoms with van der Waals surface area (Å²) >= 11 is 5.21. The molecule has 0 heterocycles. The Balaban J connectivity index is 1.62. The SMILES string of the molecule is O=C1c2ccccc2C(=O)c2c(NC(=S)Nc3cccc(C(F)(F)F)c3)cccc21. The van der Waals surface area contributed by atoms with E-state index in [2.05, 4.69) is 10.6 Å². The molecule has 0 radical (unpaired) electrons. The van der Waals surface area contributed by atoms with Crippen LogP contribution < -0.4 is 10.6 Å². The summed E-state index contributed by atoms with van der Waals surface area (Å²) < 4.78 is 38.7. The van der Waals surface area contributed by atoms with E-state index >= 15 is 0 Å². The van der Waals surface area contributed by atoms with Crippen molar-refractivity contribution in [1.29, 1.82) is 0 Å². The van der Waals surface area contributed by atoms with Crippen LogP contribution in [-0.4, -0.2) is 16.7 Å². The molecule has 2 N–H and O–H groups in total. The van der Waals surface area contributed by atoms with E-state index in [1.54, 1.807) is 42.5 Å². The molecule has 1 aliphatic rings. The lowest BCUT2D eigenvalue weighted by Crippen LogP contribution is -2.25. The first kappa shape index (κ1) is 19.8. The molecule has 30 heavy (non-hydrogen) atoms. The van der Waals surface area contributed by atoms with Gasteiger partial charge >= 0.3 is 6.18 Å². The zero-order chi connectivity index (χ0) is 21.5. The summed E-state index contributed by atoms with van der Waals surface area (Å²) in [6.45, 7) is 0. The third kappa shape index (κ3) is 3.57. The average molecular weight is 426 g/mol. The maximum absolute atomic E-state index is 13.0. The smallest absolute Gasteiger partial charge is 0.332 e. The molecular formula is C22H13F3N2O2S. The number of hydrogen-bond acceptors (Lipinski definition) is 3. The molecule has 0 saturated heterocycles. The van der Waals surface area contributed by atoms with Crippen LogP contribution in [0.2, 0.25) is 0 Å². The number of carbonyl (C=O) groups is 2. The van der Waals surface area contributed by atoms with Crippen LogP contribution in [-0.2, 0) is 6.18 Å². The normalized spacial score (nSPS) is 12.8. The van der Waals surface area contributed by atoms with Gasteiger partial charge in [-0.2, -0.15) is 13.2 Å². The van der Waals surface area contributed by atoms with Crippen LogP contribution in [0.5, 0.6) is 0 Å². The number of hydrogen-bond donors (Lipinski definition) is 2. The van der Waals surface area contributed by atoms with Crippen LogP contribution in [0.1, 0.15) is 37.4 Å². The fourth-order valence-electron chi connectivity index (χ4n) is 3.31. The van der Waals surface area contributed by atoms with Gasteiger partial charge in [0.05, 0.1) is 16.8 Å². The summed E-state index contributed by atoms with van der Waals surface area (Å²) in [5.74, 6) is -0.606. The first-order valence-electron chi connectivity index (χ1n) is 8.82. The lowest BCUT2D eigenvalue weighted by Gasteiger charge is -2.21. The third-order valence-electron chi connectivity index (χ3n) is 4.65. The van der Waals surface area contributed by atoms with Gasteiger partial charge in [-0.1, -0.05) is 42.5 Å². The van der Waals surface area contributed by atoms with Gasteiger partial charge in [-0.05, 0) is 36.5 Å². The largest absolute Gasteiger partial charge is 0.416 e. The maximum atomic E-state index is 13.0. The predicted octanol–water partition coefficient (Wildman–Crippen LogP) is 5.29. The van der Waals surface area contributed by atoms with E-state index in [1.165, 1.54) is 12.1 Å². The van der Waals surface area contributed by atoms with Crippen LogP contribution in [0.3, 0.4) is 0 Å². The Labute approximate surface area is 174 Å². The molecule has 3 aromatic rings. The van der Waals surface area contributed by atoms with E-state index in [4.69, 9.17) is 12.2 Å². The molecule has 0 saturated carbocycles. The highest BCUT2D eigenvalue weighted by Crippen LogP contribution is 2.33. The molecule has 1 aliphatic carbocycles. The van der Waals surface area contributed by atoms with Crippen molar-refractivity contribution >= 4 is 40.3 Å². The number of fused-ring (bicyclic) bond motifs is 2. The van der Waals surface area contributed by atoms with Crippen molar-refractivity contribution in [2.24, 2.45) is 0 Å². The van der Waals surface area contributed by atoms with E-state index in [-0.39, 0.29) is 33.5 Å². The lowest BCUT2D eigenvalue weighted by molar-refractivity contribution is -0.137. The number of nitrogens with one attached hydrogen (secondary N) is 2. The van der Waals surface area contributed by atoms with Gasteiger partial charge in [0.1, 0.15) is 0 Å². The van der Waals surface area contributed by atoms with Gasteiger partial charge in [-0.3, -0.25) is 9.59 Å². The van der Waals surface area contributed by atoms with E-state index in [0.29, 0.717) is 16.8 Å². The molecule has 0 unspecified atom stereocenters. The highest BCUT2D eigenvalue weighted by Gasteiger charge is 2.32. The molecule has 4 nitrogen and oxygen atoms in total. The Bertz CT molecular complexity index is 1200.